The van der Waals surface area contributed by atoms with Gasteiger partial charge in [0.25, 0.3) is 0 Å². The van der Waals surface area contributed by atoms with E-state index in [0.29, 0.717) is 5.92 Å². The SMILES string of the molecule is CC(C)Cc1nc2cccnc2s1. The van der Waals surface area contributed by atoms with E-state index in [4.69, 9.17) is 0 Å². The van der Waals surface area contributed by atoms with Crippen LogP contribution in [0.2, 0.25) is 0 Å². The molecule has 0 fully saturated rings. The fourth-order valence-electron chi connectivity index (χ4n) is 1.25. The standard InChI is InChI=1S/C10H12N2S/c1-7(2)6-9-12-8-4-3-5-11-10(8)13-9/h3-5,7H,6H2,1-2H3. The first-order chi connectivity index (χ1) is 6.25. The monoisotopic (exact) mass is 192 g/mol. The lowest BCUT2D eigenvalue weighted by Gasteiger charge is -1.97. The van der Waals surface area contributed by atoms with Gasteiger partial charge in [0.2, 0.25) is 0 Å². The molecular weight excluding hydrogens is 180 g/mol. The number of aromatic nitrogens is 2. The minimum atomic E-state index is 0.667. The fraction of sp³-hybridized carbons (Fsp3) is 0.400. The summed E-state index contributed by atoms with van der Waals surface area (Å²) in [6, 6.07) is 3.95. The Bertz CT molecular complexity index is 373. The second-order valence-electron chi connectivity index (χ2n) is 3.53. The van der Waals surface area contributed by atoms with Crippen LogP contribution in [0.3, 0.4) is 0 Å². The highest BCUT2D eigenvalue weighted by Gasteiger charge is 2.05. The number of thiazole rings is 1. The molecule has 2 nitrogen and oxygen atoms in total. The van der Waals surface area contributed by atoms with E-state index in [9.17, 15) is 0 Å². The van der Waals surface area contributed by atoms with Crippen LogP contribution in [0.5, 0.6) is 0 Å². The Morgan fingerprint density at radius 3 is 3.00 bits per heavy atom. The van der Waals surface area contributed by atoms with Gasteiger partial charge in [0, 0.05) is 12.6 Å². The van der Waals surface area contributed by atoms with Crippen LogP contribution >= 0.6 is 11.3 Å². The predicted molar refractivity (Wildman–Crippen MR) is 56.0 cm³/mol. The van der Waals surface area contributed by atoms with E-state index in [1.54, 1.807) is 11.3 Å². The molecule has 2 heterocycles. The van der Waals surface area contributed by atoms with Gasteiger partial charge in [0.1, 0.15) is 10.3 Å². The van der Waals surface area contributed by atoms with E-state index < -0.39 is 0 Å². The number of rotatable bonds is 2. The summed E-state index contributed by atoms with van der Waals surface area (Å²) in [4.78, 5) is 9.83. The zero-order valence-corrected chi connectivity index (χ0v) is 8.64. The third-order valence-corrected chi connectivity index (χ3v) is 2.80. The van der Waals surface area contributed by atoms with Crippen molar-refractivity contribution in [1.29, 1.82) is 0 Å². The van der Waals surface area contributed by atoms with Gasteiger partial charge in [-0.25, -0.2) is 9.97 Å². The molecular formula is C10H12N2S. The Morgan fingerprint density at radius 2 is 2.31 bits per heavy atom. The number of hydrogen-bond donors (Lipinski definition) is 0. The maximum atomic E-state index is 4.51. The molecule has 0 spiro atoms. The smallest absolute Gasteiger partial charge is 0.143 e. The van der Waals surface area contributed by atoms with E-state index in [1.165, 1.54) is 5.01 Å². The van der Waals surface area contributed by atoms with Crippen molar-refractivity contribution in [2.75, 3.05) is 0 Å². The summed E-state index contributed by atoms with van der Waals surface area (Å²) in [5.41, 5.74) is 1.03. The fourth-order valence-corrected chi connectivity index (χ4v) is 2.37. The molecule has 0 saturated carbocycles. The highest BCUT2D eigenvalue weighted by molar-refractivity contribution is 7.18. The summed E-state index contributed by atoms with van der Waals surface area (Å²) in [6.45, 7) is 4.42. The van der Waals surface area contributed by atoms with Crippen LogP contribution in [0.1, 0.15) is 18.9 Å². The van der Waals surface area contributed by atoms with Gasteiger partial charge in [-0.1, -0.05) is 25.2 Å². The number of hydrogen-bond acceptors (Lipinski definition) is 3. The summed E-state index contributed by atoms with van der Waals surface area (Å²) in [5, 5.41) is 1.20. The van der Waals surface area contributed by atoms with Crippen molar-refractivity contribution in [1.82, 2.24) is 9.97 Å². The zero-order chi connectivity index (χ0) is 9.26. The van der Waals surface area contributed by atoms with Crippen molar-refractivity contribution in [3.05, 3.63) is 23.3 Å². The zero-order valence-electron chi connectivity index (χ0n) is 7.82. The average Bonchev–Trinajstić information content (AvgIpc) is 2.44. The van der Waals surface area contributed by atoms with E-state index in [0.717, 1.165) is 16.8 Å². The predicted octanol–water partition coefficient (Wildman–Crippen LogP) is 2.89. The van der Waals surface area contributed by atoms with Crippen LogP contribution in [-0.4, -0.2) is 9.97 Å². The second kappa shape index (κ2) is 3.42. The highest BCUT2D eigenvalue weighted by atomic mass is 32.1. The molecule has 2 rings (SSSR count). The second-order valence-corrected chi connectivity index (χ2v) is 4.60. The topological polar surface area (TPSA) is 25.8 Å². The summed E-state index contributed by atoms with van der Waals surface area (Å²) >= 11 is 1.70. The summed E-state index contributed by atoms with van der Waals surface area (Å²) in [5.74, 6) is 0.667. The minimum Gasteiger partial charge on any atom is -0.244 e. The van der Waals surface area contributed by atoms with E-state index in [-0.39, 0.29) is 0 Å². The lowest BCUT2D eigenvalue weighted by atomic mass is 10.1. The molecule has 0 unspecified atom stereocenters. The third-order valence-electron chi connectivity index (χ3n) is 1.79. The first-order valence-electron chi connectivity index (χ1n) is 4.46. The van der Waals surface area contributed by atoms with Gasteiger partial charge in [-0.3, -0.25) is 0 Å². The van der Waals surface area contributed by atoms with Crippen molar-refractivity contribution in [2.45, 2.75) is 20.3 Å². The molecule has 0 aliphatic rings. The Morgan fingerprint density at radius 1 is 1.46 bits per heavy atom. The molecule has 0 saturated heterocycles. The lowest BCUT2D eigenvalue weighted by Crippen LogP contribution is -1.91. The molecule has 13 heavy (non-hydrogen) atoms. The Kier molecular flexibility index (Phi) is 2.27. The van der Waals surface area contributed by atoms with Gasteiger partial charge >= 0.3 is 0 Å². The maximum Gasteiger partial charge on any atom is 0.143 e. The van der Waals surface area contributed by atoms with Crippen LogP contribution in [0, 0.1) is 5.92 Å². The Hall–Kier alpha value is -0.960. The molecule has 0 atom stereocenters. The molecule has 0 aromatic carbocycles. The highest BCUT2D eigenvalue weighted by Crippen LogP contribution is 2.21. The largest absolute Gasteiger partial charge is 0.244 e. The molecule has 68 valence electrons. The molecule has 3 heteroatoms. The number of pyridine rings is 1. The Balaban J connectivity index is 2.38. The van der Waals surface area contributed by atoms with Crippen LogP contribution in [0.4, 0.5) is 0 Å². The van der Waals surface area contributed by atoms with E-state index >= 15 is 0 Å². The lowest BCUT2D eigenvalue weighted by molar-refractivity contribution is 0.645. The van der Waals surface area contributed by atoms with Crippen molar-refractivity contribution in [2.24, 2.45) is 5.92 Å². The molecule has 2 aromatic heterocycles. The molecule has 0 aliphatic carbocycles. The van der Waals surface area contributed by atoms with Gasteiger partial charge in [0.15, 0.2) is 0 Å². The van der Waals surface area contributed by atoms with Crippen molar-refractivity contribution in [3.8, 4) is 0 Å². The summed E-state index contributed by atoms with van der Waals surface area (Å²) in [6.07, 6.45) is 2.88. The molecule has 0 radical (unpaired) electrons. The van der Waals surface area contributed by atoms with E-state index in [2.05, 4.69) is 23.8 Å². The van der Waals surface area contributed by atoms with Crippen LogP contribution in [-0.2, 0) is 6.42 Å². The van der Waals surface area contributed by atoms with Crippen LogP contribution < -0.4 is 0 Å². The Labute approximate surface area is 81.7 Å². The molecule has 0 bridgehead atoms. The van der Waals surface area contributed by atoms with Gasteiger partial charge in [0.05, 0.1) is 5.01 Å². The molecule has 0 amide bonds. The van der Waals surface area contributed by atoms with Crippen LogP contribution in [0.15, 0.2) is 18.3 Å². The quantitative estimate of drug-likeness (QED) is 0.731. The number of nitrogens with zero attached hydrogens (tertiary/aromatic N) is 2. The third kappa shape index (κ3) is 1.86. The maximum absolute atomic E-state index is 4.51. The van der Waals surface area contributed by atoms with Crippen LogP contribution in [0.25, 0.3) is 10.3 Å². The van der Waals surface area contributed by atoms with Crippen molar-refractivity contribution < 1.29 is 0 Å². The normalized spacial score (nSPS) is 11.3. The van der Waals surface area contributed by atoms with Crippen molar-refractivity contribution >= 4 is 21.7 Å². The van der Waals surface area contributed by atoms with Gasteiger partial charge in [-0.15, -0.1) is 0 Å². The minimum absolute atomic E-state index is 0.667. The average molecular weight is 192 g/mol. The summed E-state index contributed by atoms with van der Waals surface area (Å²) in [7, 11) is 0. The van der Waals surface area contributed by atoms with Gasteiger partial charge in [-0.05, 0) is 18.1 Å². The van der Waals surface area contributed by atoms with Gasteiger partial charge < -0.3 is 0 Å². The molecule has 0 aliphatic heterocycles. The van der Waals surface area contributed by atoms with Crippen molar-refractivity contribution in [3.63, 3.8) is 0 Å². The first-order valence-corrected chi connectivity index (χ1v) is 5.28. The van der Waals surface area contributed by atoms with E-state index in [1.807, 2.05) is 18.3 Å². The van der Waals surface area contributed by atoms with Gasteiger partial charge in [-0.2, -0.15) is 0 Å². The molecule has 2 aromatic rings. The number of fused-ring (bicyclic) bond motifs is 1. The first kappa shape index (κ1) is 8.63. The summed E-state index contributed by atoms with van der Waals surface area (Å²) < 4.78 is 0. The molecule has 0 N–H and O–H groups in total.